The van der Waals surface area contributed by atoms with Crippen LogP contribution in [0, 0.1) is 5.41 Å². The molecule has 0 bridgehead atoms. The van der Waals surface area contributed by atoms with Gasteiger partial charge in [-0.2, -0.15) is 0 Å². The van der Waals surface area contributed by atoms with Crippen molar-refractivity contribution < 1.29 is 0 Å². The van der Waals surface area contributed by atoms with Crippen LogP contribution >= 0.6 is 31.9 Å². The van der Waals surface area contributed by atoms with E-state index in [1.165, 1.54) is 41.4 Å². The van der Waals surface area contributed by atoms with Gasteiger partial charge in [-0.1, -0.05) is 51.8 Å². The Bertz CT molecular complexity index is 432. The van der Waals surface area contributed by atoms with E-state index in [2.05, 4.69) is 75.9 Å². The zero-order valence-corrected chi connectivity index (χ0v) is 15.2. The predicted molar refractivity (Wildman–Crippen MR) is 91.2 cm³/mol. The summed E-state index contributed by atoms with van der Waals surface area (Å²) >= 11 is 7.18. The predicted octanol–water partition coefficient (Wildman–Crippen LogP) is 5.75. The molecule has 0 saturated heterocycles. The maximum Gasteiger partial charge on any atom is 0.0377 e. The first-order chi connectivity index (χ1) is 8.93. The molecular weight excluding hydrogens is 366 g/mol. The first-order valence-corrected chi connectivity index (χ1v) is 8.91. The molecule has 106 valence electrons. The van der Waals surface area contributed by atoms with Crippen molar-refractivity contribution in [2.45, 2.75) is 50.9 Å². The second-order valence-corrected chi connectivity index (χ2v) is 7.83. The quantitative estimate of drug-likeness (QED) is 0.596. The van der Waals surface area contributed by atoms with Gasteiger partial charge in [-0.05, 0) is 48.8 Å². The van der Waals surface area contributed by atoms with Gasteiger partial charge in [0.2, 0.25) is 0 Å². The summed E-state index contributed by atoms with van der Waals surface area (Å²) in [5, 5.41) is 0.898. The smallest absolute Gasteiger partial charge is 0.0377 e. The zero-order valence-electron chi connectivity index (χ0n) is 12.0. The molecule has 0 N–H and O–H groups in total. The van der Waals surface area contributed by atoms with Gasteiger partial charge in [-0.15, -0.1) is 0 Å². The minimum Gasteiger partial charge on any atom is -0.372 e. The van der Waals surface area contributed by atoms with Crippen molar-refractivity contribution in [2.24, 2.45) is 5.41 Å². The number of nitrogens with zero attached hydrogens (tertiary/aromatic N) is 1. The summed E-state index contributed by atoms with van der Waals surface area (Å²) < 4.78 is 1.20. The highest BCUT2D eigenvalue weighted by molar-refractivity contribution is 9.10. The number of benzene rings is 1. The lowest BCUT2D eigenvalue weighted by Crippen LogP contribution is -2.37. The summed E-state index contributed by atoms with van der Waals surface area (Å²) in [4.78, 5) is 2.46. The number of rotatable bonds is 3. The van der Waals surface area contributed by atoms with Gasteiger partial charge in [-0.3, -0.25) is 0 Å². The molecule has 1 saturated carbocycles. The lowest BCUT2D eigenvalue weighted by Gasteiger charge is -2.39. The summed E-state index contributed by atoms with van der Waals surface area (Å²) in [5.41, 5.74) is 3.17. The normalized spacial score (nSPS) is 19.4. The molecule has 0 radical (unpaired) electrons. The molecule has 0 amide bonds. The van der Waals surface area contributed by atoms with Gasteiger partial charge < -0.3 is 4.90 Å². The number of anilines is 1. The van der Waals surface area contributed by atoms with Crippen LogP contribution in [0.4, 0.5) is 5.69 Å². The van der Waals surface area contributed by atoms with E-state index in [1.807, 2.05) is 0 Å². The van der Waals surface area contributed by atoms with Crippen LogP contribution in [0.25, 0.3) is 0 Å². The van der Waals surface area contributed by atoms with Gasteiger partial charge >= 0.3 is 0 Å². The highest BCUT2D eigenvalue weighted by Gasteiger charge is 2.28. The Labute approximate surface area is 134 Å². The fourth-order valence-electron chi connectivity index (χ4n) is 2.85. The summed E-state index contributed by atoms with van der Waals surface area (Å²) in [6, 6.07) is 7.38. The first-order valence-electron chi connectivity index (χ1n) is 7.00. The third kappa shape index (κ3) is 3.75. The molecule has 0 aliphatic heterocycles. The van der Waals surface area contributed by atoms with Crippen molar-refractivity contribution in [1.29, 1.82) is 0 Å². The zero-order chi connectivity index (χ0) is 14.0. The van der Waals surface area contributed by atoms with Crippen molar-refractivity contribution in [3.05, 3.63) is 28.2 Å². The number of alkyl halides is 1. The van der Waals surface area contributed by atoms with Crippen LogP contribution in [0.1, 0.15) is 45.1 Å². The first kappa shape index (κ1) is 15.4. The Morgan fingerprint density at radius 2 is 1.89 bits per heavy atom. The van der Waals surface area contributed by atoms with Gasteiger partial charge in [0.15, 0.2) is 0 Å². The highest BCUT2D eigenvalue weighted by atomic mass is 79.9. The number of halogens is 2. The minimum absolute atomic E-state index is 0.539. The van der Waals surface area contributed by atoms with Crippen LogP contribution < -0.4 is 4.90 Å². The molecule has 19 heavy (non-hydrogen) atoms. The van der Waals surface area contributed by atoms with Crippen LogP contribution in [-0.4, -0.2) is 13.1 Å². The van der Waals surface area contributed by atoms with Crippen molar-refractivity contribution in [3.63, 3.8) is 0 Å². The maximum absolute atomic E-state index is 3.66. The molecule has 0 aromatic heterocycles. The summed E-state index contributed by atoms with van der Waals surface area (Å²) in [7, 11) is 2.23. The van der Waals surface area contributed by atoms with E-state index in [0.29, 0.717) is 11.5 Å². The Balaban J connectivity index is 2.08. The van der Waals surface area contributed by atoms with Gasteiger partial charge in [0.25, 0.3) is 0 Å². The van der Waals surface area contributed by atoms with E-state index >= 15 is 0 Å². The van der Waals surface area contributed by atoms with Gasteiger partial charge in [0.1, 0.15) is 0 Å². The van der Waals surface area contributed by atoms with Crippen LogP contribution in [0.2, 0.25) is 0 Å². The number of hydrogen-bond acceptors (Lipinski definition) is 1. The lowest BCUT2D eigenvalue weighted by atomic mass is 9.75. The topological polar surface area (TPSA) is 3.24 Å². The van der Waals surface area contributed by atoms with Crippen LogP contribution in [0.3, 0.4) is 0 Å². The molecule has 1 nitrogen and oxygen atoms in total. The fourth-order valence-corrected chi connectivity index (χ4v) is 4.22. The van der Waals surface area contributed by atoms with Crippen molar-refractivity contribution >= 4 is 37.5 Å². The Hall–Kier alpha value is -0.0200. The largest absolute Gasteiger partial charge is 0.372 e. The van der Waals surface area contributed by atoms with Crippen LogP contribution in [0.5, 0.6) is 0 Å². The molecule has 1 aromatic carbocycles. The van der Waals surface area contributed by atoms with Crippen molar-refractivity contribution in [2.75, 3.05) is 11.9 Å². The molecule has 0 heterocycles. The number of hydrogen-bond donors (Lipinski definition) is 0. The van der Waals surface area contributed by atoms with Gasteiger partial charge in [0.05, 0.1) is 0 Å². The van der Waals surface area contributed by atoms with E-state index in [9.17, 15) is 0 Å². The maximum atomic E-state index is 3.66. The molecule has 0 spiro atoms. The van der Waals surface area contributed by atoms with Gasteiger partial charge in [-0.25, -0.2) is 0 Å². The van der Waals surface area contributed by atoms with E-state index in [4.69, 9.17) is 0 Å². The van der Waals surface area contributed by atoms with E-state index < -0.39 is 0 Å². The van der Waals surface area contributed by atoms with E-state index in [0.717, 1.165) is 5.33 Å². The Morgan fingerprint density at radius 1 is 1.26 bits per heavy atom. The average Bonchev–Trinajstić information content (AvgIpc) is 2.38. The molecule has 0 unspecified atom stereocenters. The third-order valence-electron chi connectivity index (χ3n) is 4.44. The molecule has 0 atom stereocenters. The highest BCUT2D eigenvalue weighted by Crippen LogP contribution is 2.38. The molecule has 3 heteroatoms. The SMILES string of the molecule is CN(c1ccc(CBr)c(Br)c1)C1CCC(C)(C)CC1. The molecule has 2 rings (SSSR count). The second kappa shape index (κ2) is 6.17. The van der Waals surface area contributed by atoms with Crippen LogP contribution in [-0.2, 0) is 5.33 Å². The third-order valence-corrected chi connectivity index (χ3v) is 5.79. The molecule has 1 fully saturated rings. The summed E-state index contributed by atoms with van der Waals surface area (Å²) in [6.45, 7) is 4.79. The minimum atomic E-state index is 0.539. The van der Waals surface area contributed by atoms with Crippen molar-refractivity contribution in [1.82, 2.24) is 0 Å². The molecule has 1 aliphatic carbocycles. The molecular formula is C16H23Br2N. The van der Waals surface area contributed by atoms with Crippen molar-refractivity contribution in [3.8, 4) is 0 Å². The van der Waals surface area contributed by atoms with E-state index in [-0.39, 0.29) is 0 Å². The monoisotopic (exact) mass is 387 g/mol. The second-order valence-electron chi connectivity index (χ2n) is 6.42. The summed E-state index contributed by atoms with van der Waals surface area (Å²) in [5.74, 6) is 0. The van der Waals surface area contributed by atoms with Crippen LogP contribution in [0.15, 0.2) is 22.7 Å². The summed E-state index contributed by atoms with van der Waals surface area (Å²) in [6.07, 6.45) is 5.29. The average molecular weight is 389 g/mol. The lowest BCUT2D eigenvalue weighted by molar-refractivity contribution is 0.222. The molecule has 1 aliphatic rings. The molecule has 1 aromatic rings. The Morgan fingerprint density at radius 3 is 2.42 bits per heavy atom. The standard InChI is InChI=1S/C16H23Br2N/c1-16(2)8-6-13(7-9-16)19(3)14-5-4-12(11-17)15(18)10-14/h4-5,10,13H,6-9,11H2,1-3H3. The van der Waals surface area contributed by atoms with E-state index in [1.54, 1.807) is 0 Å². The Kier molecular flexibility index (Phi) is 4.99. The fraction of sp³-hybridized carbons (Fsp3) is 0.625. The van der Waals surface area contributed by atoms with Gasteiger partial charge in [0, 0.05) is 28.6 Å².